The van der Waals surface area contributed by atoms with Crippen LogP contribution in [0.25, 0.3) is 11.1 Å². The summed E-state index contributed by atoms with van der Waals surface area (Å²) in [5.41, 5.74) is 2.54. The molecule has 2 aromatic rings. The average molecular weight is 503 g/mol. The van der Waals surface area contributed by atoms with Gasteiger partial charge in [-0.25, -0.2) is 17.5 Å². The van der Waals surface area contributed by atoms with Gasteiger partial charge in [-0.15, -0.1) is 0 Å². The molecule has 0 bridgehead atoms. The number of methoxy groups -OCH3 is 1. The second-order valence-corrected chi connectivity index (χ2v) is 11.0. The van der Waals surface area contributed by atoms with E-state index in [1.807, 2.05) is 48.5 Å². The van der Waals surface area contributed by atoms with Crippen molar-refractivity contribution in [3.63, 3.8) is 0 Å². The molecule has 35 heavy (non-hydrogen) atoms. The molecule has 1 aliphatic carbocycles. The van der Waals surface area contributed by atoms with Crippen LogP contribution >= 0.6 is 0 Å². The summed E-state index contributed by atoms with van der Waals surface area (Å²) in [6, 6.07) is 13.7. The number of rotatable bonds is 11. The smallest absolute Gasteiger partial charge is 0.326 e. The average Bonchev–Trinajstić information content (AvgIpc) is 3.37. The molecule has 1 aliphatic rings. The number of hydrogen-bond donors (Lipinski definition) is 2. The van der Waals surface area contributed by atoms with Gasteiger partial charge in [0, 0.05) is 25.1 Å². The van der Waals surface area contributed by atoms with Gasteiger partial charge in [-0.2, -0.15) is 0 Å². The summed E-state index contributed by atoms with van der Waals surface area (Å²) in [5.74, 6) is -1.20. The summed E-state index contributed by atoms with van der Waals surface area (Å²) in [7, 11) is -2.33. The van der Waals surface area contributed by atoms with Crippen LogP contribution in [0.4, 0.5) is 0 Å². The largest absolute Gasteiger partial charge is 0.496 e. The first-order valence-corrected chi connectivity index (χ1v) is 13.4. The van der Waals surface area contributed by atoms with Crippen LogP contribution in [-0.4, -0.2) is 60.7 Å². The predicted octanol–water partition coefficient (Wildman–Crippen LogP) is 3.46. The molecule has 1 saturated carbocycles. The minimum atomic E-state index is -3.93. The maximum absolute atomic E-state index is 13.4. The fourth-order valence-corrected chi connectivity index (χ4v) is 7.06. The normalized spacial score (nSPS) is 16.1. The Balaban J connectivity index is 1.81. The minimum Gasteiger partial charge on any atom is -0.496 e. The second-order valence-electron chi connectivity index (χ2n) is 8.76. The highest BCUT2D eigenvalue weighted by Crippen LogP contribution is 2.39. The van der Waals surface area contributed by atoms with Crippen LogP contribution < -0.4 is 10.1 Å². The lowest BCUT2D eigenvalue weighted by molar-refractivity contribution is -0.142. The number of carboxylic acids is 1. The fourth-order valence-electron chi connectivity index (χ4n) is 4.79. The summed E-state index contributed by atoms with van der Waals surface area (Å²) in [4.78, 5) is 25.4. The van der Waals surface area contributed by atoms with E-state index in [9.17, 15) is 23.1 Å². The van der Waals surface area contributed by atoms with Crippen molar-refractivity contribution in [3.05, 3.63) is 54.1 Å². The third kappa shape index (κ3) is 5.36. The number of nitrogens with zero attached hydrogens (tertiary/aromatic N) is 1. The first-order valence-electron chi connectivity index (χ1n) is 12.0. The Morgan fingerprint density at radius 3 is 2.20 bits per heavy atom. The van der Waals surface area contributed by atoms with Crippen LogP contribution in [0.2, 0.25) is 0 Å². The lowest BCUT2D eigenvalue weighted by Crippen LogP contribution is -2.59. The van der Waals surface area contributed by atoms with Crippen LogP contribution in [0.3, 0.4) is 0 Å². The molecule has 1 fully saturated rings. The summed E-state index contributed by atoms with van der Waals surface area (Å²) < 4.78 is 31.9. The molecule has 0 spiro atoms. The Kier molecular flexibility index (Phi) is 8.56. The van der Waals surface area contributed by atoms with Crippen LogP contribution in [0, 0.1) is 0 Å². The molecule has 0 saturated heterocycles. The SMILES string of the molecule is CCN(CC)S(=O)(=O)C1(C(=O)N[C@@H](Cc2ccc(-c3ccccc3OC)cc2)C(=O)O)CCCC1. The molecule has 1 amide bonds. The first-order chi connectivity index (χ1) is 16.7. The van der Waals surface area contributed by atoms with Gasteiger partial charge in [0.2, 0.25) is 15.9 Å². The van der Waals surface area contributed by atoms with Gasteiger partial charge >= 0.3 is 5.97 Å². The lowest BCUT2D eigenvalue weighted by atomic mass is 9.99. The van der Waals surface area contributed by atoms with E-state index in [-0.39, 0.29) is 32.4 Å². The van der Waals surface area contributed by atoms with E-state index in [1.165, 1.54) is 4.31 Å². The van der Waals surface area contributed by atoms with Crippen molar-refractivity contribution in [2.24, 2.45) is 0 Å². The molecule has 1 atom stereocenters. The number of aliphatic carboxylic acids is 1. The minimum absolute atomic E-state index is 0.0364. The molecule has 0 aliphatic heterocycles. The zero-order valence-corrected chi connectivity index (χ0v) is 21.3. The van der Waals surface area contributed by atoms with Crippen LogP contribution in [0.15, 0.2) is 48.5 Å². The van der Waals surface area contributed by atoms with Gasteiger partial charge in [-0.05, 0) is 30.0 Å². The van der Waals surface area contributed by atoms with E-state index in [2.05, 4.69) is 5.32 Å². The highest BCUT2D eigenvalue weighted by molar-refractivity contribution is 7.91. The van der Waals surface area contributed by atoms with Gasteiger partial charge < -0.3 is 15.2 Å². The number of para-hydroxylation sites is 1. The van der Waals surface area contributed by atoms with Gasteiger partial charge in [-0.1, -0.05) is 69.2 Å². The van der Waals surface area contributed by atoms with Gasteiger partial charge in [0.05, 0.1) is 7.11 Å². The number of amides is 1. The number of sulfonamides is 1. The van der Waals surface area contributed by atoms with Gasteiger partial charge in [0.15, 0.2) is 4.75 Å². The molecule has 9 heteroatoms. The molecule has 8 nitrogen and oxygen atoms in total. The monoisotopic (exact) mass is 502 g/mol. The molecule has 0 heterocycles. The Morgan fingerprint density at radius 1 is 1.06 bits per heavy atom. The first kappa shape index (κ1) is 26.7. The number of carbonyl (C=O) groups excluding carboxylic acids is 1. The van der Waals surface area contributed by atoms with Crippen LogP contribution in [0.1, 0.15) is 45.1 Å². The second kappa shape index (κ2) is 11.2. The summed E-state index contributed by atoms with van der Waals surface area (Å²) in [6.07, 6.45) is 1.63. The molecule has 2 aromatic carbocycles. The van der Waals surface area contributed by atoms with Crippen molar-refractivity contribution in [1.29, 1.82) is 0 Å². The Hall–Kier alpha value is -2.91. The molecule has 0 unspecified atom stereocenters. The maximum Gasteiger partial charge on any atom is 0.326 e. The summed E-state index contributed by atoms with van der Waals surface area (Å²) >= 11 is 0. The van der Waals surface area contributed by atoms with Crippen molar-refractivity contribution in [1.82, 2.24) is 9.62 Å². The van der Waals surface area contributed by atoms with E-state index in [4.69, 9.17) is 4.74 Å². The van der Waals surface area contributed by atoms with Crippen LogP contribution in [0.5, 0.6) is 5.75 Å². The number of hydrogen-bond acceptors (Lipinski definition) is 5. The van der Waals surface area contributed by atoms with Gasteiger partial charge in [0.25, 0.3) is 0 Å². The van der Waals surface area contributed by atoms with Crippen molar-refractivity contribution >= 4 is 21.9 Å². The predicted molar refractivity (Wildman–Crippen MR) is 135 cm³/mol. The Morgan fingerprint density at radius 2 is 1.66 bits per heavy atom. The van der Waals surface area contributed by atoms with Gasteiger partial charge in [0.1, 0.15) is 11.8 Å². The number of nitrogens with one attached hydrogen (secondary N) is 1. The van der Waals surface area contributed by atoms with E-state index in [1.54, 1.807) is 21.0 Å². The summed E-state index contributed by atoms with van der Waals surface area (Å²) in [5, 5.41) is 12.4. The van der Waals surface area contributed by atoms with E-state index in [0.29, 0.717) is 18.4 Å². The topological polar surface area (TPSA) is 113 Å². The Labute approximate surface area is 207 Å². The zero-order chi connectivity index (χ0) is 25.6. The molecule has 0 aromatic heterocycles. The van der Waals surface area contributed by atoms with Crippen molar-refractivity contribution in [2.75, 3.05) is 20.2 Å². The highest BCUT2D eigenvalue weighted by atomic mass is 32.2. The van der Waals surface area contributed by atoms with Crippen molar-refractivity contribution in [3.8, 4) is 16.9 Å². The van der Waals surface area contributed by atoms with Crippen molar-refractivity contribution < 1.29 is 27.9 Å². The third-order valence-electron chi connectivity index (χ3n) is 6.78. The molecule has 0 radical (unpaired) electrons. The quantitative estimate of drug-likeness (QED) is 0.487. The van der Waals surface area contributed by atoms with Crippen LogP contribution in [-0.2, 0) is 26.0 Å². The molecule has 2 N–H and O–H groups in total. The van der Waals surface area contributed by atoms with E-state index in [0.717, 1.165) is 16.9 Å². The third-order valence-corrected chi connectivity index (χ3v) is 9.56. The molecule has 3 rings (SSSR count). The molecule has 190 valence electrons. The van der Waals surface area contributed by atoms with Crippen molar-refractivity contribution in [2.45, 2.75) is 56.7 Å². The van der Waals surface area contributed by atoms with Gasteiger partial charge in [-0.3, -0.25) is 4.79 Å². The highest BCUT2D eigenvalue weighted by Gasteiger charge is 2.54. The standard InChI is InChI=1S/C26H34N2O6S/c1-4-28(5-2)35(32,33)26(16-8-9-17-26)25(31)27-22(24(29)30)18-19-12-14-20(15-13-19)21-10-6-7-11-23(21)34-3/h6-7,10-15,22H,4-5,8-9,16-18H2,1-3H3,(H,27,31)(H,29,30)/t22-/m0/s1. The maximum atomic E-state index is 13.4. The number of carbonyl (C=O) groups is 2. The number of ether oxygens (including phenoxy) is 1. The lowest BCUT2D eigenvalue weighted by Gasteiger charge is -2.33. The zero-order valence-electron chi connectivity index (χ0n) is 20.5. The fraction of sp³-hybridized carbons (Fsp3) is 0.462. The number of carboxylic acid groups (broad SMARTS) is 1. The molecular weight excluding hydrogens is 468 g/mol. The molecular formula is C26H34N2O6S. The van der Waals surface area contributed by atoms with E-state index < -0.39 is 32.7 Å². The van der Waals surface area contributed by atoms with E-state index >= 15 is 0 Å². The Bertz CT molecular complexity index is 1140. The summed E-state index contributed by atoms with van der Waals surface area (Å²) in [6.45, 7) is 3.98. The number of benzene rings is 2.